The van der Waals surface area contributed by atoms with E-state index >= 15 is 0 Å². The summed E-state index contributed by atoms with van der Waals surface area (Å²) in [4.78, 5) is 28.9. The lowest BCUT2D eigenvalue weighted by Crippen LogP contribution is -2.42. The first-order valence-corrected chi connectivity index (χ1v) is 7.99. The molecule has 1 aliphatic carbocycles. The van der Waals surface area contributed by atoms with Crippen molar-refractivity contribution in [2.75, 3.05) is 6.54 Å². The maximum Gasteiger partial charge on any atom is 0.327 e. The van der Waals surface area contributed by atoms with Gasteiger partial charge in [-0.2, -0.15) is 0 Å². The number of hydrogen-bond donors (Lipinski definition) is 0. The van der Waals surface area contributed by atoms with E-state index in [1.54, 1.807) is 9.80 Å². The first-order valence-electron chi connectivity index (χ1n) is 7.99. The van der Waals surface area contributed by atoms with Crippen LogP contribution in [0.4, 0.5) is 4.79 Å². The molecule has 2 aliphatic heterocycles. The molecule has 0 bridgehead atoms. The van der Waals surface area contributed by atoms with Crippen molar-refractivity contribution in [1.82, 2.24) is 9.80 Å². The number of hydrogen-bond acceptors (Lipinski definition) is 2. The minimum Gasteiger partial charge on any atom is -0.308 e. The lowest BCUT2D eigenvalue weighted by Gasteiger charge is -2.29. The van der Waals surface area contributed by atoms with Gasteiger partial charge in [0.25, 0.3) is 5.91 Å². The largest absolute Gasteiger partial charge is 0.327 e. The fourth-order valence-corrected chi connectivity index (χ4v) is 4.08. The average Bonchev–Trinajstić information content (AvgIpc) is 2.80. The van der Waals surface area contributed by atoms with Crippen LogP contribution in [-0.2, 0) is 11.2 Å². The van der Waals surface area contributed by atoms with Crippen LogP contribution in [0, 0.1) is 0 Å². The SMILES string of the molecule is O=C1C2c3ccccc3CCN2C(=O)N1C1CCCCC1. The maximum atomic E-state index is 12.9. The Hall–Kier alpha value is -1.84. The van der Waals surface area contributed by atoms with Gasteiger partial charge in [-0.3, -0.25) is 9.69 Å². The monoisotopic (exact) mass is 284 g/mol. The third-order valence-electron chi connectivity index (χ3n) is 5.15. The molecule has 4 heteroatoms. The van der Waals surface area contributed by atoms with E-state index in [0.717, 1.165) is 37.7 Å². The number of imide groups is 1. The lowest BCUT2D eigenvalue weighted by molar-refractivity contribution is -0.130. The molecule has 0 aromatic heterocycles. The fourth-order valence-electron chi connectivity index (χ4n) is 4.08. The predicted octanol–water partition coefficient (Wildman–Crippen LogP) is 2.88. The van der Waals surface area contributed by atoms with Gasteiger partial charge in [0.2, 0.25) is 0 Å². The van der Waals surface area contributed by atoms with Gasteiger partial charge < -0.3 is 4.90 Å². The summed E-state index contributed by atoms with van der Waals surface area (Å²) in [5.74, 6) is -0.000880. The number of amides is 3. The van der Waals surface area contributed by atoms with E-state index in [9.17, 15) is 9.59 Å². The van der Waals surface area contributed by atoms with Gasteiger partial charge in [-0.1, -0.05) is 43.5 Å². The van der Waals surface area contributed by atoms with E-state index in [2.05, 4.69) is 6.07 Å². The second kappa shape index (κ2) is 4.86. The van der Waals surface area contributed by atoms with Gasteiger partial charge in [0.05, 0.1) is 0 Å². The first-order chi connectivity index (χ1) is 10.3. The Kier molecular flexibility index (Phi) is 2.98. The van der Waals surface area contributed by atoms with Crippen LogP contribution < -0.4 is 0 Å². The molecule has 1 unspecified atom stereocenters. The summed E-state index contributed by atoms with van der Waals surface area (Å²) < 4.78 is 0. The zero-order valence-corrected chi connectivity index (χ0v) is 12.1. The number of fused-ring (bicyclic) bond motifs is 3. The van der Waals surface area contributed by atoms with Crippen molar-refractivity contribution in [3.8, 4) is 0 Å². The van der Waals surface area contributed by atoms with Crippen molar-refractivity contribution in [1.29, 1.82) is 0 Å². The smallest absolute Gasteiger partial charge is 0.308 e. The molecule has 1 aromatic carbocycles. The molecule has 0 N–H and O–H groups in total. The minimum absolute atomic E-state index is 0.000880. The predicted molar refractivity (Wildman–Crippen MR) is 78.7 cm³/mol. The Morgan fingerprint density at radius 3 is 2.57 bits per heavy atom. The van der Waals surface area contributed by atoms with Crippen LogP contribution in [0.15, 0.2) is 24.3 Å². The molecule has 1 atom stereocenters. The summed E-state index contributed by atoms with van der Waals surface area (Å²) in [5, 5.41) is 0. The standard InChI is InChI=1S/C17H20N2O2/c20-16-15-14-9-5-4-6-12(14)10-11-18(15)17(21)19(16)13-7-2-1-3-8-13/h4-6,9,13,15H,1-3,7-8,10-11H2. The van der Waals surface area contributed by atoms with Gasteiger partial charge in [0, 0.05) is 12.6 Å². The fraction of sp³-hybridized carbons (Fsp3) is 0.529. The summed E-state index contributed by atoms with van der Waals surface area (Å²) in [6.07, 6.45) is 6.28. The van der Waals surface area contributed by atoms with E-state index in [-0.39, 0.29) is 24.0 Å². The molecule has 4 rings (SSSR count). The number of nitrogens with zero attached hydrogens (tertiary/aromatic N) is 2. The number of urea groups is 1. The quantitative estimate of drug-likeness (QED) is 0.744. The van der Waals surface area contributed by atoms with Gasteiger partial charge in [0.15, 0.2) is 0 Å². The summed E-state index contributed by atoms with van der Waals surface area (Å²) >= 11 is 0. The first kappa shape index (κ1) is 12.9. The topological polar surface area (TPSA) is 40.6 Å². The van der Waals surface area contributed by atoms with Crippen molar-refractivity contribution in [3.63, 3.8) is 0 Å². The van der Waals surface area contributed by atoms with Crippen LogP contribution in [-0.4, -0.2) is 34.3 Å². The zero-order valence-electron chi connectivity index (χ0n) is 12.1. The molecule has 110 valence electrons. The van der Waals surface area contributed by atoms with Crippen LogP contribution in [0.5, 0.6) is 0 Å². The van der Waals surface area contributed by atoms with Crippen molar-refractivity contribution >= 4 is 11.9 Å². The van der Waals surface area contributed by atoms with Gasteiger partial charge in [-0.25, -0.2) is 4.79 Å². The van der Waals surface area contributed by atoms with E-state index in [0.29, 0.717) is 6.54 Å². The van der Waals surface area contributed by atoms with Gasteiger partial charge in [-0.05, 0) is 30.4 Å². The van der Waals surface area contributed by atoms with Crippen molar-refractivity contribution in [2.24, 2.45) is 0 Å². The average molecular weight is 284 g/mol. The van der Waals surface area contributed by atoms with Crippen LogP contribution >= 0.6 is 0 Å². The molecule has 3 amide bonds. The Balaban J connectivity index is 1.70. The lowest BCUT2D eigenvalue weighted by atomic mass is 9.92. The van der Waals surface area contributed by atoms with E-state index in [4.69, 9.17) is 0 Å². The molecular weight excluding hydrogens is 264 g/mol. The Morgan fingerprint density at radius 2 is 1.76 bits per heavy atom. The third kappa shape index (κ3) is 1.88. The summed E-state index contributed by atoms with van der Waals surface area (Å²) in [7, 11) is 0. The Morgan fingerprint density at radius 1 is 1.00 bits per heavy atom. The van der Waals surface area contributed by atoms with Gasteiger partial charge in [0.1, 0.15) is 6.04 Å². The molecule has 0 spiro atoms. The molecule has 1 aromatic rings. The molecule has 2 fully saturated rings. The van der Waals surface area contributed by atoms with Gasteiger partial charge >= 0.3 is 6.03 Å². The van der Waals surface area contributed by atoms with Crippen LogP contribution in [0.1, 0.15) is 49.3 Å². The van der Waals surface area contributed by atoms with Crippen LogP contribution in [0.2, 0.25) is 0 Å². The molecular formula is C17H20N2O2. The highest BCUT2D eigenvalue weighted by Gasteiger charge is 2.50. The minimum atomic E-state index is -0.371. The maximum absolute atomic E-state index is 12.9. The van der Waals surface area contributed by atoms with Crippen molar-refractivity contribution in [3.05, 3.63) is 35.4 Å². The summed E-state index contributed by atoms with van der Waals surface area (Å²) in [5.41, 5.74) is 2.24. The van der Waals surface area contributed by atoms with E-state index < -0.39 is 0 Å². The zero-order chi connectivity index (χ0) is 14.4. The molecule has 1 saturated carbocycles. The highest BCUT2D eigenvalue weighted by atomic mass is 16.2. The van der Waals surface area contributed by atoms with Gasteiger partial charge in [-0.15, -0.1) is 0 Å². The van der Waals surface area contributed by atoms with Crippen molar-refractivity contribution < 1.29 is 9.59 Å². The highest BCUT2D eigenvalue weighted by molar-refractivity contribution is 6.05. The molecule has 1 saturated heterocycles. The third-order valence-corrected chi connectivity index (χ3v) is 5.15. The van der Waals surface area contributed by atoms with Crippen LogP contribution in [0.25, 0.3) is 0 Å². The highest BCUT2D eigenvalue weighted by Crippen LogP contribution is 2.39. The molecule has 21 heavy (non-hydrogen) atoms. The number of rotatable bonds is 1. The molecule has 2 heterocycles. The number of benzene rings is 1. The van der Waals surface area contributed by atoms with Crippen molar-refractivity contribution in [2.45, 2.75) is 50.6 Å². The molecule has 3 aliphatic rings. The van der Waals surface area contributed by atoms with Crippen LogP contribution in [0.3, 0.4) is 0 Å². The second-order valence-corrected chi connectivity index (χ2v) is 6.33. The number of carbonyl (C=O) groups is 2. The Labute approximate surface area is 124 Å². The second-order valence-electron chi connectivity index (χ2n) is 6.33. The van der Waals surface area contributed by atoms with E-state index in [1.165, 1.54) is 12.0 Å². The summed E-state index contributed by atoms with van der Waals surface area (Å²) in [6, 6.07) is 7.74. The molecule has 0 radical (unpaired) electrons. The normalized spacial score (nSPS) is 26.0. The Bertz CT molecular complexity index is 592. The number of carbonyl (C=O) groups excluding carboxylic acids is 2. The van der Waals surface area contributed by atoms with E-state index in [1.807, 2.05) is 18.2 Å². The summed E-state index contributed by atoms with van der Waals surface area (Å²) in [6.45, 7) is 0.662. The molecule has 4 nitrogen and oxygen atoms in total.